The minimum absolute atomic E-state index is 0.371. The Hall–Kier alpha value is -1.12. The molecule has 0 saturated heterocycles. The molecular weight excluding hydrogens is 274 g/mol. The molecular formula is C15H16BrN. The van der Waals surface area contributed by atoms with Crippen molar-refractivity contribution >= 4 is 15.9 Å². The average Bonchev–Trinajstić information content (AvgIpc) is 2.37. The molecule has 0 aliphatic rings. The van der Waals surface area contributed by atoms with E-state index in [-0.39, 0.29) is 0 Å². The smallest absolute Gasteiger partial charge is 0.0294 e. The van der Waals surface area contributed by atoms with Crippen molar-refractivity contribution in [2.24, 2.45) is 0 Å². The molecule has 0 amide bonds. The topological polar surface area (TPSA) is 12.0 Å². The minimum atomic E-state index is 0.371. The highest BCUT2D eigenvalue weighted by Crippen LogP contribution is 2.14. The molecule has 0 aliphatic carbocycles. The zero-order valence-electron chi connectivity index (χ0n) is 9.86. The van der Waals surface area contributed by atoms with E-state index < -0.39 is 0 Å². The fourth-order valence-corrected chi connectivity index (χ4v) is 2.22. The second kappa shape index (κ2) is 5.99. The third-order valence-corrected chi connectivity index (χ3v) is 3.29. The molecule has 1 nitrogen and oxygen atoms in total. The zero-order valence-corrected chi connectivity index (χ0v) is 11.4. The van der Waals surface area contributed by atoms with Gasteiger partial charge in [-0.05, 0) is 30.2 Å². The van der Waals surface area contributed by atoms with E-state index in [9.17, 15) is 0 Å². The second-order valence-electron chi connectivity index (χ2n) is 4.14. The Balaban J connectivity index is 1.95. The molecule has 88 valence electrons. The summed E-state index contributed by atoms with van der Waals surface area (Å²) in [5, 5.41) is 3.52. The summed E-state index contributed by atoms with van der Waals surface area (Å²) in [5.41, 5.74) is 2.62. The number of benzene rings is 2. The first-order valence-corrected chi connectivity index (χ1v) is 6.58. The molecule has 2 aromatic rings. The van der Waals surface area contributed by atoms with Crippen LogP contribution in [0.25, 0.3) is 0 Å². The largest absolute Gasteiger partial charge is 0.306 e. The van der Waals surface area contributed by atoms with Crippen LogP contribution in [0.5, 0.6) is 0 Å². The zero-order chi connectivity index (χ0) is 12.1. The van der Waals surface area contributed by atoms with Crippen LogP contribution in [0.2, 0.25) is 0 Å². The summed E-state index contributed by atoms with van der Waals surface area (Å²) >= 11 is 3.49. The van der Waals surface area contributed by atoms with E-state index in [2.05, 4.69) is 70.6 Å². The molecule has 0 fully saturated rings. The number of nitrogens with one attached hydrogen (secondary N) is 1. The lowest BCUT2D eigenvalue weighted by Gasteiger charge is -2.14. The molecule has 0 spiro atoms. The predicted octanol–water partition coefficient (Wildman–Crippen LogP) is 4.30. The molecule has 2 heteroatoms. The van der Waals surface area contributed by atoms with Gasteiger partial charge in [-0.2, -0.15) is 0 Å². The summed E-state index contributed by atoms with van der Waals surface area (Å²) < 4.78 is 1.13. The number of hydrogen-bond donors (Lipinski definition) is 1. The van der Waals surface area contributed by atoms with Gasteiger partial charge >= 0.3 is 0 Å². The van der Waals surface area contributed by atoms with Crippen molar-refractivity contribution in [2.75, 3.05) is 0 Å². The van der Waals surface area contributed by atoms with Gasteiger partial charge in [-0.3, -0.25) is 0 Å². The lowest BCUT2D eigenvalue weighted by Crippen LogP contribution is -2.17. The molecule has 2 aromatic carbocycles. The van der Waals surface area contributed by atoms with Gasteiger partial charge in [0.2, 0.25) is 0 Å². The Bertz CT molecular complexity index is 467. The maximum absolute atomic E-state index is 3.52. The predicted molar refractivity (Wildman–Crippen MR) is 75.8 cm³/mol. The number of halogens is 1. The first-order chi connectivity index (χ1) is 8.25. The van der Waals surface area contributed by atoms with Gasteiger partial charge in [0.15, 0.2) is 0 Å². The van der Waals surface area contributed by atoms with Crippen molar-refractivity contribution in [3.8, 4) is 0 Å². The van der Waals surface area contributed by atoms with E-state index >= 15 is 0 Å². The second-order valence-corrected chi connectivity index (χ2v) is 5.06. The standard InChI is InChI=1S/C15H16BrN/c1-12(14-7-3-2-4-8-14)17-11-13-6-5-9-15(16)10-13/h2-10,12,17H,11H2,1H3/t12-/m0/s1. The van der Waals surface area contributed by atoms with E-state index in [1.807, 2.05) is 12.1 Å². The third kappa shape index (κ3) is 3.69. The Morgan fingerprint density at radius 2 is 1.82 bits per heavy atom. The van der Waals surface area contributed by atoms with Crippen LogP contribution in [0, 0.1) is 0 Å². The molecule has 0 aromatic heterocycles. The van der Waals surface area contributed by atoms with Gasteiger partial charge < -0.3 is 5.32 Å². The van der Waals surface area contributed by atoms with Crippen LogP contribution < -0.4 is 5.32 Å². The maximum Gasteiger partial charge on any atom is 0.0294 e. The monoisotopic (exact) mass is 289 g/mol. The van der Waals surface area contributed by atoms with Crippen LogP contribution in [0.3, 0.4) is 0 Å². The normalized spacial score (nSPS) is 12.4. The van der Waals surface area contributed by atoms with Crippen LogP contribution in [-0.2, 0) is 6.54 Å². The summed E-state index contributed by atoms with van der Waals surface area (Å²) in [6.45, 7) is 3.07. The summed E-state index contributed by atoms with van der Waals surface area (Å²) in [7, 11) is 0. The molecule has 17 heavy (non-hydrogen) atoms. The van der Waals surface area contributed by atoms with Crippen molar-refractivity contribution in [2.45, 2.75) is 19.5 Å². The van der Waals surface area contributed by atoms with Crippen molar-refractivity contribution in [3.63, 3.8) is 0 Å². The Morgan fingerprint density at radius 3 is 2.53 bits per heavy atom. The fourth-order valence-electron chi connectivity index (χ4n) is 1.78. The summed E-state index contributed by atoms with van der Waals surface area (Å²) in [5.74, 6) is 0. The molecule has 0 radical (unpaired) electrons. The molecule has 0 aliphatic heterocycles. The maximum atomic E-state index is 3.52. The van der Waals surface area contributed by atoms with E-state index in [4.69, 9.17) is 0 Å². The molecule has 0 heterocycles. The van der Waals surface area contributed by atoms with Gasteiger partial charge in [-0.25, -0.2) is 0 Å². The summed E-state index contributed by atoms with van der Waals surface area (Å²) in [4.78, 5) is 0. The molecule has 1 N–H and O–H groups in total. The molecule has 0 saturated carbocycles. The van der Waals surface area contributed by atoms with E-state index in [0.29, 0.717) is 6.04 Å². The van der Waals surface area contributed by atoms with Gasteiger partial charge in [0.05, 0.1) is 0 Å². The van der Waals surface area contributed by atoms with Crippen LogP contribution >= 0.6 is 15.9 Å². The lowest BCUT2D eigenvalue weighted by atomic mass is 10.1. The number of rotatable bonds is 4. The van der Waals surface area contributed by atoms with Crippen molar-refractivity contribution in [1.82, 2.24) is 5.32 Å². The highest BCUT2D eigenvalue weighted by molar-refractivity contribution is 9.10. The summed E-state index contributed by atoms with van der Waals surface area (Å²) in [6, 6.07) is 19.3. The van der Waals surface area contributed by atoms with Crippen LogP contribution in [0.1, 0.15) is 24.1 Å². The van der Waals surface area contributed by atoms with Crippen molar-refractivity contribution in [1.29, 1.82) is 0 Å². The fraction of sp³-hybridized carbons (Fsp3) is 0.200. The van der Waals surface area contributed by atoms with E-state index in [1.54, 1.807) is 0 Å². The SMILES string of the molecule is C[C@H](NCc1cccc(Br)c1)c1ccccc1. The third-order valence-electron chi connectivity index (χ3n) is 2.80. The van der Waals surface area contributed by atoms with Crippen molar-refractivity contribution in [3.05, 3.63) is 70.2 Å². The minimum Gasteiger partial charge on any atom is -0.306 e. The van der Waals surface area contributed by atoms with Crippen LogP contribution in [0.15, 0.2) is 59.1 Å². The molecule has 0 bridgehead atoms. The highest BCUT2D eigenvalue weighted by Gasteiger charge is 2.03. The van der Waals surface area contributed by atoms with Crippen LogP contribution in [-0.4, -0.2) is 0 Å². The average molecular weight is 290 g/mol. The highest BCUT2D eigenvalue weighted by atomic mass is 79.9. The molecule has 0 unspecified atom stereocenters. The first kappa shape index (κ1) is 12.3. The Kier molecular flexibility index (Phi) is 4.35. The molecule has 2 rings (SSSR count). The lowest BCUT2D eigenvalue weighted by molar-refractivity contribution is 0.574. The van der Waals surface area contributed by atoms with Gasteiger partial charge in [0.1, 0.15) is 0 Å². The quantitative estimate of drug-likeness (QED) is 0.885. The van der Waals surface area contributed by atoms with Gasteiger partial charge in [-0.1, -0.05) is 58.4 Å². The van der Waals surface area contributed by atoms with E-state index in [1.165, 1.54) is 11.1 Å². The van der Waals surface area contributed by atoms with Gasteiger partial charge in [0, 0.05) is 17.1 Å². The molecule has 1 atom stereocenters. The first-order valence-electron chi connectivity index (χ1n) is 5.78. The van der Waals surface area contributed by atoms with Gasteiger partial charge in [0.25, 0.3) is 0 Å². The van der Waals surface area contributed by atoms with Crippen molar-refractivity contribution < 1.29 is 0 Å². The Labute approximate surface area is 111 Å². The Morgan fingerprint density at radius 1 is 1.06 bits per heavy atom. The summed E-state index contributed by atoms with van der Waals surface area (Å²) in [6.07, 6.45) is 0. The number of hydrogen-bond acceptors (Lipinski definition) is 1. The van der Waals surface area contributed by atoms with Crippen LogP contribution in [0.4, 0.5) is 0 Å². The van der Waals surface area contributed by atoms with E-state index in [0.717, 1.165) is 11.0 Å². The van der Waals surface area contributed by atoms with Gasteiger partial charge in [-0.15, -0.1) is 0 Å².